The topological polar surface area (TPSA) is 78.9 Å². The van der Waals surface area contributed by atoms with Gasteiger partial charge < -0.3 is 10.5 Å². The quantitative estimate of drug-likeness (QED) is 0.718. The second-order valence-electron chi connectivity index (χ2n) is 4.22. The van der Waals surface area contributed by atoms with Crippen molar-refractivity contribution >= 4 is 16.6 Å². The standard InChI is InChI=1S/C13H13N5O/c1-18-7-9(16-17-18)8-19-12-5-4-11(14)10-3-2-6-15-13(10)12/h2-7H,8,14H2,1H3. The smallest absolute Gasteiger partial charge is 0.146 e. The lowest BCUT2D eigenvalue weighted by molar-refractivity contribution is 0.304. The lowest BCUT2D eigenvalue weighted by Gasteiger charge is -2.08. The molecule has 0 atom stereocenters. The van der Waals surface area contributed by atoms with E-state index in [-0.39, 0.29) is 0 Å². The molecule has 0 aliphatic carbocycles. The normalized spacial score (nSPS) is 10.8. The summed E-state index contributed by atoms with van der Waals surface area (Å²) in [6.07, 6.45) is 3.53. The molecule has 0 unspecified atom stereocenters. The van der Waals surface area contributed by atoms with Crippen LogP contribution in [0.2, 0.25) is 0 Å². The SMILES string of the molecule is Cn1cc(COc2ccc(N)c3cccnc23)nn1. The van der Waals surface area contributed by atoms with Crippen LogP contribution in [0, 0.1) is 0 Å². The molecular weight excluding hydrogens is 242 g/mol. The summed E-state index contributed by atoms with van der Waals surface area (Å²) in [6.45, 7) is 0.351. The summed E-state index contributed by atoms with van der Waals surface area (Å²) in [5, 5.41) is 8.72. The highest BCUT2D eigenvalue weighted by molar-refractivity contribution is 5.94. The van der Waals surface area contributed by atoms with E-state index in [0.29, 0.717) is 18.0 Å². The van der Waals surface area contributed by atoms with Crippen LogP contribution in [-0.2, 0) is 13.7 Å². The van der Waals surface area contributed by atoms with Gasteiger partial charge in [-0.25, -0.2) is 0 Å². The van der Waals surface area contributed by atoms with Crippen LogP contribution in [0.5, 0.6) is 5.75 Å². The van der Waals surface area contributed by atoms with Gasteiger partial charge >= 0.3 is 0 Å². The van der Waals surface area contributed by atoms with Crippen molar-refractivity contribution in [2.75, 3.05) is 5.73 Å². The summed E-state index contributed by atoms with van der Waals surface area (Å²) >= 11 is 0. The minimum atomic E-state index is 0.351. The van der Waals surface area contributed by atoms with Crippen LogP contribution in [-0.4, -0.2) is 20.0 Å². The lowest BCUT2D eigenvalue weighted by Crippen LogP contribution is -1.98. The molecule has 3 rings (SSSR count). The molecular formula is C13H13N5O. The summed E-state index contributed by atoms with van der Waals surface area (Å²) in [7, 11) is 1.82. The number of nitrogens with two attached hydrogens (primary N) is 1. The zero-order valence-corrected chi connectivity index (χ0v) is 10.4. The first-order chi connectivity index (χ1) is 9.24. The van der Waals surface area contributed by atoms with Crippen LogP contribution in [0.15, 0.2) is 36.7 Å². The predicted octanol–water partition coefficient (Wildman–Crippen LogP) is 1.52. The second kappa shape index (κ2) is 4.56. The molecule has 2 N–H and O–H groups in total. The Labute approximate surface area is 109 Å². The maximum Gasteiger partial charge on any atom is 0.146 e. The van der Waals surface area contributed by atoms with Gasteiger partial charge in [-0.3, -0.25) is 9.67 Å². The average Bonchev–Trinajstić information content (AvgIpc) is 2.84. The van der Waals surface area contributed by atoms with Crippen molar-refractivity contribution in [3.8, 4) is 5.75 Å². The highest BCUT2D eigenvalue weighted by atomic mass is 16.5. The van der Waals surface area contributed by atoms with Gasteiger partial charge in [0.05, 0.1) is 6.20 Å². The van der Waals surface area contributed by atoms with E-state index in [1.54, 1.807) is 10.9 Å². The van der Waals surface area contributed by atoms with E-state index in [9.17, 15) is 0 Å². The molecule has 96 valence electrons. The molecule has 19 heavy (non-hydrogen) atoms. The molecule has 6 heteroatoms. The molecule has 3 aromatic rings. The molecule has 0 amide bonds. The molecule has 0 aliphatic heterocycles. The monoisotopic (exact) mass is 255 g/mol. The van der Waals surface area contributed by atoms with Gasteiger partial charge in [0.1, 0.15) is 23.6 Å². The number of aromatic nitrogens is 4. The third-order valence-corrected chi connectivity index (χ3v) is 2.79. The van der Waals surface area contributed by atoms with E-state index in [1.165, 1.54) is 0 Å². The fourth-order valence-corrected chi connectivity index (χ4v) is 1.90. The number of benzene rings is 1. The Kier molecular flexibility index (Phi) is 2.75. The van der Waals surface area contributed by atoms with Crippen molar-refractivity contribution in [1.29, 1.82) is 0 Å². The van der Waals surface area contributed by atoms with Gasteiger partial charge in [-0.05, 0) is 24.3 Å². The number of ether oxygens (including phenoxy) is 1. The summed E-state index contributed by atoms with van der Waals surface area (Å²) in [6, 6.07) is 7.41. The molecule has 0 fully saturated rings. The number of hydrogen-bond donors (Lipinski definition) is 1. The van der Waals surface area contributed by atoms with Crippen molar-refractivity contribution in [3.63, 3.8) is 0 Å². The molecule has 0 saturated heterocycles. The van der Waals surface area contributed by atoms with Crippen LogP contribution >= 0.6 is 0 Å². The summed E-state index contributed by atoms with van der Waals surface area (Å²) in [5.41, 5.74) is 8.13. The third kappa shape index (κ3) is 2.20. The molecule has 0 spiro atoms. The molecule has 0 radical (unpaired) electrons. The Bertz CT molecular complexity index is 722. The average molecular weight is 255 g/mol. The van der Waals surface area contributed by atoms with Gasteiger partial charge in [0.25, 0.3) is 0 Å². The zero-order valence-electron chi connectivity index (χ0n) is 10.4. The maximum atomic E-state index is 5.91. The number of anilines is 1. The second-order valence-corrected chi connectivity index (χ2v) is 4.22. The number of pyridine rings is 1. The van der Waals surface area contributed by atoms with Gasteiger partial charge in [-0.1, -0.05) is 5.21 Å². The van der Waals surface area contributed by atoms with Crippen molar-refractivity contribution in [1.82, 2.24) is 20.0 Å². The Morgan fingerprint density at radius 2 is 2.21 bits per heavy atom. The molecule has 0 bridgehead atoms. The van der Waals surface area contributed by atoms with Gasteiger partial charge in [0.2, 0.25) is 0 Å². The number of nitrogens with zero attached hydrogens (tertiary/aromatic N) is 4. The Balaban J connectivity index is 1.91. The first kappa shape index (κ1) is 11.5. The number of rotatable bonds is 3. The van der Waals surface area contributed by atoms with Crippen molar-refractivity contribution in [2.45, 2.75) is 6.61 Å². The van der Waals surface area contributed by atoms with Gasteiger partial charge in [0.15, 0.2) is 0 Å². The molecule has 1 aromatic carbocycles. The summed E-state index contributed by atoms with van der Waals surface area (Å²) < 4.78 is 7.38. The highest BCUT2D eigenvalue weighted by Crippen LogP contribution is 2.28. The van der Waals surface area contributed by atoms with Crippen molar-refractivity contribution in [2.24, 2.45) is 7.05 Å². The van der Waals surface area contributed by atoms with Crippen LogP contribution in [0.25, 0.3) is 10.9 Å². The van der Waals surface area contributed by atoms with Crippen LogP contribution < -0.4 is 10.5 Å². The summed E-state index contributed by atoms with van der Waals surface area (Å²) in [5.74, 6) is 0.690. The van der Waals surface area contributed by atoms with Crippen LogP contribution in [0.4, 0.5) is 5.69 Å². The van der Waals surface area contributed by atoms with E-state index < -0.39 is 0 Å². The van der Waals surface area contributed by atoms with E-state index in [0.717, 1.165) is 16.6 Å². The Morgan fingerprint density at radius 3 is 3.00 bits per heavy atom. The van der Waals surface area contributed by atoms with Gasteiger partial charge in [-0.15, -0.1) is 5.10 Å². The van der Waals surface area contributed by atoms with Crippen LogP contribution in [0.1, 0.15) is 5.69 Å². The largest absolute Gasteiger partial charge is 0.485 e. The number of fused-ring (bicyclic) bond motifs is 1. The van der Waals surface area contributed by atoms with Gasteiger partial charge in [0, 0.05) is 24.3 Å². The summed E-state index contributed by atoms with van der Waals surface area (Å²) in [4.78, 5) is 4.31. The van der Waals surface area contributed by atoms with Crippen LogP contribution in [0.3, 0.4) is 0 Å². The maximum absolute atomic E-state index is 5.91. The molecule has 2 aromatic heterocycles. The first-order valence-electron chi connectivity index (χ1n) is 5.85. The van der Waals surface area contributed by atoms with Gasteiger partial charge in [-0.2, -0.15) is 0 Å². The van der Waals surface area contributed by atoms with E-state index >= 15 is 0 Å². The fraction of sp³-hybridized carbons (Fsp3) is 0.154. The molecule has 0 aliphatic rings. The third-order valence-electron chi connectivity index (χ3n) is 2.79. The van der Waals surface area contributed by atoms with Crippen molar-refractivity contribution < 1.29 is 4.74 Å². The minimum Gasteiger partial charge on any atom is -0.485 e. The Morgan fingerprint density at radius 1 is 1.32 bits per heavy atom. The fourth-order valence-electron chi connectivity index (χ4n) is 1.90. The molecule has 0 saturated carbocycles. The van der Waals surface area contributed by atoms with E-state index in [1.807, 2.05) is 37.5 Å². The number of aryl methyl sites for hydroxylation is 1. The first-order valence-corrected chi connectivity index (χ1v) is 5.85. The van der Waals surface area contributed by atoms with Crippen molar-refractivity contribution in [3.05, 3.63) is 42.4 Å². The van der Waals surface area contributed by atoms with E-state index in [4.69, 9.17) is 10.5 Å². The number of hydrogen-bond acceptors (Lipinski definition) is 5. The minimum absolute atomic E-state index is 0.351. The predicted molar refractivity (Wildman–Crippen MR) is 71.5 cm³/mol. The number of nitrogen functional groups attached to an aromatic ring is 1. The Hall–Kier alpha value is -2.63. The molecule has 2 heterocycles. The molecule has 6 nitrogen and oxygen atoms in total. The zero-order chi connectivity index (χ0) is 13.2. The van der Waals surface area contributed by atoms with E-state index in [2.05, 4.69) is 15.3 Å². The lowest BCUT2D eigenvalue weighted by atomic mass is 10.2. The highest BCUT2D eigenvalue weighted by Gasteiger charge is 2.07.